The van der Waals surface area contributed by atoms with Gasteiger partial charge in [-0.3, -0.25) is 0 Å². The van der Waals surface area contributed by atoms with Gasteiger partial charge in [-0.1, -0.05) is 12.7 Å². The summed E-state index contributed by atoms with van der Waals surface area (Å²) in [7, 11) is -3.92. The first-order chi connectivity index (χ1) is 6.86. The minimum atomic E-state index is -3.92. The molecule has 0 spiro atoms. The number of aryl methyl sites for hydroxylation is 1. The molecule has 0 fully saturated rings. The summed E-state index contributed by atoms with van der Waals surface area (Å²) in [5.74, 6) is 0. The maximum absolute atomic E-state index is 9.08. The van der Waals surface area contributed by atoms with Gasteiger partial charge in [0.1, 0.15) is 6.54 Å². The summed E-state index contributed by atoms with van der Waals surface area (Å²) < 4.78 is 29.3. The zero-order valence-corrected chi connectivity index (χ0v) is 9.70. The van der Waals surface area contributed by atoms with Crippen LogP contribution in [-0.4, -0.2) is 19.2 Å². The minimum Gasteiger partial charge on any atom is -0.748 e. The Labute approximate surface area is 90.6 Å². The summed E-state index contributed by atoms with van der Waals surface area (Å²) >= 11 is 0. The molecule has 0 radical (unpaired) electrons. The summed E-state index contributed by atoms with van der Waals surface area (Å²) in [6, 6.07) is 4.10. The molecule has 0 aliphatic rings. The van der Waals surface area contributed by atoms with Gasteiger partial charge in [-0.15, -0.1) is 0 Å². The molecule has 15 heavy (non-hydrogen) atoms. The minimum absolute atomic E-state index is 0.604. The van der Waals surface area contributed by atoms with Crippen molar-refractivity contribution < 1.29 is 17.5 Å². The Kier molecular flexibility index (Phi) is 5.81. The fourth-order valence-electron chi connectivity index (χ4n) is 0.816. The molecule has 0 aliphatic heterocycles. The van der Waals surface area contributed by atoms with Crippen LogP contribution in [0.15, 0.2) is 31.1 Å². The smallest absolute Gasteiger partial charge is 0.169 e. The van der Waals surface area contributed by atoms with Gasteiger partial charge in [-0.05, 0) is 12.5 Å². The van der Waals surface area contributed by atoms with Crippen molar-refractivity contribution in [1.82, 2.24) is 0 Å². The molecule has 0 saturated carbocycles. The second-order valence-electron chi connectivity index (χ2n) is 2.87. The Hall–Kier alpha value is -1.20. The zero-order valence-electron chi connectivity index (χ0n) is 8.88. The lowest BCUT2D eigenvalue weighted by Crippen LogP contribution is -2.30. The molecule has 4 nitrogen and oxygen atoms in total. The quantitative estimate of drug-likeness (QED) is 0.556. The second kappa shape index (κ2) is 6.31. The van der Waals surface area contributed by atoms with Crippen LogP contribution in [0, 0.1) is 0 Å². The molecule has 5 heteroatoms. The van der Waals surface area contributed by atoms with E-state index in [1.807, 2.05) is 6.08 Å². The lowest BCUT2D eigenvalue weighted by Gasteiger charge is -1.90. The summed E-state index contributed by atoms with van der Waals surface area (Å²) in [5.41, 5.74) is 1.17. The highest BCUT2D eigenvalue weighted by molar-refractivity contribution is 7.84. The van der Waals surface area contributed by atoms with Crippen molar-refractivity contribution in [2.45, 2.75) is 13.5 Å². The summed E-state index contributed by atoms with van der Waals surface area (Å²) in [6.45, 7) is 6.82. The van der Waals surface area contributed by atoms with E-state index in [4.69, 9.17) is 13.0 Å². The van der Waals surface area contributed by atoms with Crippen LogP contribution in [0.5, 0.6) is 0 Å². The molecule has 1 aromatic rings. The molecule has 1 heterocycles. The molecule has 0 bridgehead atoms. The van der Waals surface area contributed by atoms with Crippen molar-refractivity contribution in [3.63, 3.8) is 0 Å². The number of hydrogen-bond acceptors (Lipinski definition) is 3. The average Bonchev–Trinajstić information content (AvgIpc) is 2.15. The maximum atomic E-state index is 9.08. The molecule has 1 rings (SSSR count). The van der Waals surface area contributed by atoms with Crippen LogP contribution < -0.4 is 4.57 Å². The van der Waals surface area contributed by atoms with E-state index >= 15 is 0 Å². The third-order valence-corrected chi connectivity index (χ3v) is 1.52. The van der Waals surface area contributed by atoms with Crippen LogP contribution in [0.3, 0.4) is 0 Å². The van der Waals surface area contributed by atoms with Gasteiger partial charge in [0.2, 0.25) is 0 Å². The maximum Gasteiger partial charge on any atom is 0.169 e. The van der Waals surface area contributed by atoms with E-state index in [0.29, 0.717) is 6.26 Å². The van der Waals surface area contributed by atoms with Gasteiger partial charge in [0.15, 0.2) is 12.4 Å². The molecule has 0 saturated heterocycles. The molecule has 0 aromatic carbocycles. The van der Waals surface area contributed by atoms with E-state index in [-0.39, 0.29) is 0 Å². The van der Waals surface area contributed by atoms with E-state index < -0.39 is 10.1 Å². The standard InChI is InChI=1S/C9H12N.CH4O3S/c1-3-9-5-7-10(4-2)8-6-9;1-5(2,3)4/h3,5-8H,1,4H2,2H3;1H3,(H,2,3,4)/q+1;/p-1. The van der Waals surface area contributed by atoms with E-state index in [0.717, 1.165) is 6.54 Å². The Morgan fingerprint density at radius 1 is 1.47 bits per heavy atom. The normalized spacial score (nSPS) is 10.1. The van der Waals surface area contributed by atoms with Crippen molar-refractivity contribution in [3.8, 4) is 0 Å². The van der Waals surface area contributed by atoms with Gasteiger partial charge in [0, 0.05) is 18.4 Å². The lowest BCUT2D eigenvalue weighted by atomic mass is 10.3. The van der Waals surface area contributed by atoms with Crippen LogP contribution in [0.25, 0.3) is 6.08 Å². The van der Waals surface area contributed by atoms with E-state index in [9.17, 15) is 0 Å². The SMILES string of the molecule is C=Cc1cc[n+](CC)cc1.CS(=O)(=O)[O-]. The van der Waals surface area contributed by atoms with Crippen molar-refractivity contribution in [3.05, 3.63) is 36.7 Å². The molecule has 1 aromatic heterocycles. The van der Waals surface area contributed by atoms with Gasteiger partial charge < -0.3 is 4.55 Å². The fourth-order valence-corrected chi connectivity index (χ4v) is 0.816. The largest absolute Gasteiger partial charge is 0.748 e. The number of pyridine rings is 1. The molecule has 0 N–H and O–H groups in total. The predicted octanol–water partition coefficient (Wildman–Crippen LogP) is 0.798. The average molecular weight is 229 g/mol. The van der Waals surface area contributed by atoms with Crippen LogP contribution in [0.2, 0.25) is 0 Å². The van der Waals surface area contributed by atoms with Gasteiger partial charge in [0.05, 0.1) is 10.1 Å². The van der Waals surface area contributed by atoms with Crippen LogP contribution in [0.1, 0.15) is 12.5 Å². The van der Waals surface area contributed by atoms with E-state index in [1.54, 1.807) is 0 Å². The van der Waals surface area contributed by atoms with Gasteiger partial charge >= 0.3 is 0 Å². The molecule has 0 unspecified atom stereocenters. The predicted molar refractivity (Wildman–Crippen MR) is 58.0 cm³/mol. The number of rotatable bonds is 2. The van der Waals surface area contributed by atoms with Gasteiger partial charge in [-0.25, -0.2) is 13.0 Å². The van der Waals surface area contributed by atoms with Crippen LogP contribution in [-0.2, 0) is 16.7 Å². The number of nitrogens with zero attached hydrogens (tertiary/aromatic N) is 1. The van der Waals surface area contributed by atoms with Crippen LogP contribution in [0.4, 0.5) is 0 Å². The summed E-state index contributed by atoms with van der Waals surface area (Å²) in [6.07, 6.45) is 6.56. The molecular weight excluding hydrogens is 214 g/mol. The Morgan fingerprint density at radius 2 is 1.87 bits per heavy atom. The molecule has 0 atom stereocenters. The highest BCUT2D eigenvalue weighted by atomic mass is 32.2. The van der Waals surface area contributed by atoms with Gasteiger partial charge in [-0.2, -0.15) is 0 Å². The zero-order chi connectivity index (χ0) is 11.9. The molecule has 84 valence electrons. The molecule has 0 amide bonds. The first-order valence-corrected chi connectivity index (χ1v) is 6.21. The third kappa shape index (κ3) is 9.11. The third-order valence-electron chi connectivity index (χ3n) is 1.52. The van der Waals surface area contributed by atoms with Crippen molar-refractivity contribution in [2.75, 3.05) is 6.26 Å². The fraction of sp³-hybridized carbons (Fsp3) is 0.300. The van der Waals surface area contributed by atoms with Crippen molar-refractivity contribution in [1.29, 1.82) is 0 Å². The lowest BCUT2D eigenvalue weighted by molar-refractivity contribution is -0.693. The van der Waals surface area contributed by atoms with Crippen LogP contribution >= 0.6 is 0 Å². The summed E-state index contributed by atoms with van der Waals surface area (Å²) in [4.78, 5) is 0. The van der Waals surface area contributed by atoms with Crippen molar-refractivity contribution >= 4 is 16.2 Å². The first kappa shape index (κ1) is 13.8. The van der Waals surface area contributed by atoms with Crippen molar-refractivity contribution in [2.24, 2.45) is 0 Å². The Balaban J connectivity index is 0.000000336. The Bertz CT molecular complexity index is 387. The van der Waals surface area contributed by atoms with Gasteiger partial charge in [0.25, 0.3) is 0 Å². The number of aromatic nitrogens is 1. The second-order valence-corrected chi connectivity index (χ2v) is 4.28. The monoisotopic (exact) mass is 229 g/mol. The first-order valence-electron chi connectivity index (χ1n) is 4.39. The highest BCUT2D eigenvalue weighted by Crippen LogP contribution is 1.94. The number of hydrogen-bond donors (Lipinski definition) is 0. The van der Waals surface area contributed by atoms with E-state index in [1.165, 1.54) is 5.56 Å². The topological polar surface area (TPSA) is 61.1 Å². The Morgan fingerprint density at radius 3 is 2.13 bits per heavy atom. The molecular formula is C10H15NO3S. The summed E-state index contributed by atoms with van der Waals surface area (Å²) in [5, 5.41) is 0. The molecule has 0 aliphatic carbocycles. The van der Waals surface area contributed by atoms with E-state index in [2.05, 4.69) is 42.6 Å². The highest BCUT2D eigenvalue weighted by Gasteiger charge is 1.92.